The fourth-order valence-electron chi connectivity index (χ4n) is 5.21. The maximum atomic E-state index is 13.6. The smallest absolute Gasteiger partial charge is 0.310 e. The van der Waals surface area contributed by atoms with Crippen molar-refractivity contribution >= 4 is 34.5 Å². The highest BCUT2D eigenvalue weighted by Gasteiger charge is 2.36. The van der Waals surface area contributed by atoms with Crippen LogP contribution in [0.4, 0.5) is 0 Å². The third-order valence-corrected chi connectivity index (χ3v) is 7.56. The highest BCUT2D eigenvalue weighted by Crippen LogP contribution is 2.18. The van der Waals surface area contributed by atoms with Gasteiger partial charge < -0.3 is 30.7 Å². The maximum Gasteiger partial charge on any atom is 0.310 e. The highest BCUT2D eigenvalue weighted by atomic mass is 16.6. The lowest BCUT2D eigenvalue weighted by Gasteiger charge is -2.26. The van der Waals surface area contributed by atoms with E-state index in [1.807, 2.05) is 67.6 Å². The van der Waals surface area contributed by atoms with E-state index in [2.05, 4.69) is 16.0 Å². The van der Waals surface area contributed by atoms with E-state index in [0.717, 1.165) is 21.9 Å². The third kappa shape index (κ3) is 7.02. The van der Waals surface area contributed by atoms with Crippen LogP contribution in [0.25, 0.3) is 10.8 Å². The van der Waals surface area contributed by atoms with Gasteiger partial charge in [-0.25, -0.2) is 0 Å². The number of hydrogen-bond donors (Lipinski definition) is 4. The van der Waals surface area contributed by atoms with Crippen molar-refractivity contribution in [1.29, 1.82) is 0 Å². The molecule has 0 radical (unpaired) electrons. The molecule has 4 N–H and O–H groups in total. The molecule has 1 saturated heterocycles. The predicted molar refractivity (Wildman–Crippen MR) is 156 cm³/mol. The first-order chi connectivity index (χ1) is 20.3. The van der Waals surface area contributed by atoms with Gasteiger partial charge in [0.05, 0.1) is 13.0 Å². The van der Waals surface area contributed by atoms with Gasteiger partial charge in [0.2, 0.25) is 18.1 Å². The van der Waals surface area contributed by atoms with E-state index >= 15 is 0 Å². The van der Waals surface area contributed by atoms with Gasteiger partial charge in [-0.2, -0.15) is 0 Å². The standard InChI is InChI=1S/C32H34N4O6/c1-20-6-2-3-9-25(20)17-33-16-21-10-13-26(35-30(39)24-12-11-22-7-4-5-8-23(22)14-24)31(40)36(18-21)19-28(37)34-27-15-29(38)42-32(27)41/h2-12,14,26-27,32-33,41H,13,15-19H2,1H3,(H,34,37)(H,35,39). The van der Waals surface area contributed by atoms with Crippen LogP contribution >= 0.6 is 0 Å². The zero-order valence-electron chi connectivity index (χ0n) is 23.3. The second-order valence-electron chi connectivity index (χ2n) is 10.7. The number of nitrogens with zero attached hydrogens (tertiary/aromatic N) is 1. The number of aliphatic hydroxyl groups is 1. The Balaban J connectivity index is 1.29. The lowest BCUT2D eigenvalue weighted by Crippen LogP contribution is -2.52. The molecule has 3 aromatic carbocycles. The van der Waals surface area contributed by atoms with Crippen molar-refractivity contribution in [2.24, 2.45) is 0 Å². The number of aryl methyl sites for hydroxylation is 1. The van der Waals surface area contributed by atoms with Crippen LogP contribution in [0, 0.1) is 6.92 Å². The van der Waals surface area contributed by atoms with Crippen LogP contribution in [0.2, 0.25) is 0 Å². The van der Waals surface area contributed by atoms with Gasteiger partial charge in [-0.1, -0.05) is 60.7 Å². The summed E-state index contributed by atoms with van der Waals surface area (Å²) >= 11 is 0. The Bertz CT molecular complexity index is 1540. The number of carbonyl (C=O) groups is 4. The van der Waals surface area contributed by atoms with Crippen molar-refractivity contribution in [2.45, 2.75) is 44.7 Å². The van der Waals surface area contributed by atoms with E-state index in [1.54, 1.807) is 12.1 Å². The van der Waals surface area contributed by atoms with Gasteiger partial charge in [-0.05, 0) is 52.9 Å². The van der Waals surface area contributed by atoms with Gasteiger partial charge in [0.15, 0.2) is 0 Å². The van der Waals surface area contributed by atoms with Crippen LogP contribution in [-0.4, -0.2) is 71.7 Å². The van der Waals surface area contributed by atoms with Crippen molar-refractivity contribution < 1.29 is 29.0 Å². The molecule has 0 saturated carbocycles. The van der Waals surface area contributed by atoms with Gasteiger partial charge in [0.1, 0.15) is 12.1 Å². The number of aliphatic hydroxyl groups excluding tert-OH is 1. The van der Waals surface area contributed by atoms with E-state index < -0.39 is 36.2 Å². The number of amides is 3. The topological polar surface area (TPSA) is 137 Å². The van der Waals surface area contributed by atoms with Crippen LogP contribution < -0.4 is 16.0 Å². The molecule has 0 bridgehead atoms. The molecule has 42 heavy (non-hydrogen) atoms. The average molecular weight is 571 g/mol. The average Bonchev–Trinajstić information content (AvgIpc) is 3.22. The predicted octanol–water partition coefficient (Wildman–Crippen LogP) is 1.95. The summed E-state index contributed by atoms with van der Waals surface area (Å²) in [4.78, 5) is 52.6. The molecule has 2 aliphatic heterocycles. The minimum absolute atomic E-state index is 0.154. The van der Waals surface area contributed by atoms with Crippen LogP contribution in [0.3, 0.4) is 0 Å². The molecule has 3 aromatic rings. The third-order valence-electron chi connectivity index (χ3n) is 7.56. The molecule has 5 rings (SSSR count). The molecular weight excluding hydrogens is 536 g/mol. The Morgan fingerprint density at radius 3 is 2.50 bits per heavy atom. The molecule has 218 valence electrons. The Hall–Kier alpha value is -4.54. The van der Waals surface area contributed by atoms with Gasteiger partial charge in [-0.3, -0.25) is 19.2 Å². The molecular formula is C32H34N4O6. The van der Waals surface area contributed by atoms with Crippen molar-refractivity contribution in [3.8, 4) is 0 Å². The van der Waals surface area contributed by atoms with Gasteiger partial charge in [0, 0.05) is 25.2 Å². The summed E-state index contributed by atoms with van der Waals surface area (Å²) in [6, 6.07) is 19.4. The molecule has 1 fully saturated rings. The normalized spacial score (nSPS) is 20.6. The first kappa shape index (κ1) is 29.0. The first-order valence-corrected chi connectivity index (χ1v) is 14.0. The summed E-state index contributed by atoms with van der Waals surface area (Å²) in [5.74, 6) is -1.94. The second kappa shape index (κ2) is 13.0. The number of hydrogen-bond acceptors (Lipinski definition) is 7. The molecule has 3 unspecified atom stereocenters. The van der Waals surface area contributed by atoms with Crippen molar-refractivity contribution in [3.05, 3.63) is 95.1 Å². The monoisotopic (exact) mass is 570 g/mol. The summed E-state index contributed by atoms with van der Waals surface area (Å²) in [6.07, 6.45) is 0.608. The lowest BCUT2D eigenvalue weighted by atomic mass is 10.1. The summed E-state index contributed by atoms with van der Waals surface area (Å²) in [5.41, 5.74) is 3.65. The fourth-order valence-corrected chi connectivity index (χ4v) is 5.21. The Kier molecular flexibility index (Phi) is 8.94. The Morgan fingerprint density at radius 2 is 1.74 bits per heavy atom. The minimum Gasteiger partial charge on any atom is -0.434 e. The number of carbonyl (C=O) groups excluding carboxylic acids is 4. The van der Waals surface area contributed by atoms with Gasteiger partial charge in [0.25, 0.3) is 5.91 Å². The summed E-state index contributed by atoms with van der Waals surface area (Å²) in [7, 11) is 0. The number of benzene rings is 3. The SMILES string of the molecule is Cc1ccccc1CNCC1=CCC(NC(=O)c2ccc3ccccc3c2)C(=O)N(CC(=O)NC2CC(=O)OC2O)C1. The number of ether oxygens (including phenoxy) is 1. The number of cyclic esters (lactones) is 1. The van der Waals surface area contributed by atoms with E-state index in [4.69, 9.17) is 4.74 Å². The zero-order valence-corrected chi connectivity index (χ0v) is 23.3. The van der Waals surface area contributed by atoms with E-state index in [9.17, 15) is 24.3 Å². The van der Waals surface area contributed by atoms with Crippen molar-refractivity contribution in [2.75, 3.05) is 19.6 Å². The summed E-state index contributed by atoms with van der Waals surface area (Å²) in [5, 5.41) is 20.6. The van der Waals surface area contributed by atoms with Crippen LogP contribution in [0.15, 0.2) is 78.4 Å². The largest absolute Gasteiger partial charge is 0.434 e. The fraction of sp³-hybridized carbons (Fsp3) is 0.312. The minimum atomic E-state index is -1.43. The van der Waals surface area contributed by atoms with Crippen LogP contribution in [0.1, 0.15) is 34.3 Å². The van der Waals surface area contributed by atoms with E-state index in [-0.39, 0.29) is 31.8 Å². The maximum absolute atomic E-state index is 13.6. The molecule has 0 aromatic heterocycles. The van der Waals surface area contributed by atoms with Gasteiger partial charge in [-0.15, -0.1) is 0 Å². The number of rotatable bonds is 9. The number of nitrogens with one attached hydrogen (secondary N) is 3. The zero-order chi connectivity index (χ0) is 29.6. The van der Waals surface area contributed by atoms with E-state index in [1.165, 1.54) is 10.5 Å². The molecule has 10 heteroatoms. The molecule has 0 aliphatic carbocycles. The van der Waals surface area contributed by atoms with E-state index in [0.29, 0.717) is 18.7 Å². The van der Waals surface area contributed by atoms with Crippen LogP contribution in [-0.2, 0) is 25.7 Å². The molecule has 10 nitrogen and oxygen atoms in total. The highest BCUT2D eigenvalue weighted by molar-refractivity contribution is 6.01. The molecule has 3 atom stereocenters. The van der Waals surface area contributed by atoms with Crippen LogP contribution in [0.5, 0.6) is 0 Å². The molecule has 0 spiro atoms. The van der Waals surface area contributed by atoms with Gasteiger partial charge >= 0.3 is 5.97 Å². The number of fused-ring (bicyclic) bond motifs is 1. The first-order valence-electron chi connectivity index (χ1n) is 14.0. The number of esters is 1. The summed E-state index contributed by atoms with van der Waals surface area (Å²) < 4.78 is 4.70. The Morgan fingerprint density at radius 1 is 0.976 bits per heavy atom. The molecule has 2 aliphatic rings. The summed E-state index contributed by atoms with van der Waals surface area (Å²) in [6.45, 7) is 3.03. The van der Waals surface area contributed by atoms with Crippen molar-refractivity contribution in [1.82, 2.24) is 20.9 Å². The quantitative estimate of drug-likeness (QED) is 0.228. The molecule has 2 heterocycles. The Labute approximate surface area is 243 Å². The second-order valence-corrected chi connectivity index (χ2v) is 10.7. The van der Waals surface area contributed by atoms with Crippen molar-refractivity contribution in [3.63, 3.8) is 0 Å². The molecule has 3 amide bonds. The lowest BCUT2D eigenvalue weighted by molar-refractivity contribution is -0.155.